The third-order valence-corrected chi connectivity index (χ3v) is 1.79. The van der Waals surface area contributed by atoms with Gasteiger partial charge in [0.25, 0.3) is 5.69 Å². The minimum atomic E-state index is -0.500. The Bertz CT molecular complexity index is 400. The van der Waals surface area contributed by atoms with Gasteiger partial charge in [0.05, 0.1) is 10.5 Å². The van der Waals surface area contributed by atoms with Gasteiger partial charge in [-0.05, 0) is 19.1 Å². The Balaban J connectivity index is 3.13. The number of rotatable bonds is 3. The molecule has 0 amide bonds. The van der Waals surface area contributed by atoms with E-state index in [0.29, 0.717) is 5.56 Å². The molecule has 1 atom stereocenters. The minimum Gasteiger partial charge on any atom is -0.508 e. The molecular formula is C10H12N2O3. The van der Waals surface area contributed by atoms with Gasteiger partial charge in [-0.1, -0.05) is 12.2 Å². The largest absolute Gasteiger partial charge is 0.508 e. The second-order valence-electron chi connectivity index (χ2n) is 3.22. The highest BCUT2D eigenvalue weighted by Gasteiger charge is 2.11. The summed E-state index contributed by atoms with van der Waals surface area (Å²) in [4.78, 5) is 10.1. The second kappa shape index (κ2) is 4.56. The van der Waals surface area contributed by atoms with Crippen molar-refractivity contribution in [1.82, 2.24) is 0 Å². The molecule has 1 aromatic carbocycles. The van der Waals surface area contributed by atoms with Gasteiger partial charge in [0, 0.05) is 12.1 Å². The van der Waals surface area contributed by atoms with E-state index in [2.05, 4.69) is 0 Å². The molecule has 1 aromatic rings. The average molecular weight is 208 g/mol. The average Bonchev–Trinajstić information content (AvgIpc) is 2.14. The zero-order chi connectivity index (χ0) is 11.4. The van der Waals surface area contributed by atoms with Gasteiger partial charge in [-0.3, -0.25) is 10.1 Å². The number of benzene rings is 1. The lowest BCUT2D eigenvalue weighted by molar-refractivity contribution is -0.385. The van der Waals surface area contributed by atoms with Crippen LogP contribution < -0.4 is 5.73 Å². The van der Waals surface area contributed by atoms with Crippen molar-refractivity contribution in [3.05, 3.63) is 40.0 Å². The van der Waals surface area contributed by atoms with E-state index < -0.39 is 4.92 Å². The van der Waals surface area contributed by atoms with Crippen molar-refractivity contribution in [1.29, 1.82) is 0 Å². The van der Waals surface area contributed by atoms with Gasteiger partial charge in [-0.2, -0.15) is 0 Å². The van der Waals surface area contributed by atoms with Gasteiger partial charge in [0.2, 0.25) is 0 Å². The highest BCUT2D eigenvalue weighted by Crippen LogP contribution is 2.24. The predicted molar refractivity (Wildman–Crippen MR) is 57.4 cm³/mol. The number of hydrogen-bond acceptors (Lipinski definition) is 4. The Labute approximate surface area is 87.0 Å². The number of aromatic hydroxyl groups is 1. The molecule has 0 radical (unpaired) electrons. The van der Waals surface area contributed by atoms with Gasteiger partial charge in [-0.15, -0.1) is 0 Å². The summed E-state index contributed by atoms with van der Waals surface area (Å²) in [5.74, 6) is -0.00933. The van der Waals surface area contributed by atoms with Crippen LogP contribution in [-0.2, 0) is 0 Å². The van der Waals surface area contributed by atoms with E-state index >= 15 is 0 Å². The second-order valence-corrected chi connectivity index (χ2v) is 3.22. The summed E-state index contributed by atoms with van der Waals surface area (Å²) < 4.78 is 0. The van der Waals surface area contributed by atoms with Crippen LogP contribution in [0.15, 0.2) is 24.3 Å². The molecule has 0 heterocycles. The van der Waals surface area contributed by atoms with Crippen molar-refractivity contribution < 1.29 is 10.0 Å². The Morgan fingerprint density at radius 3 is 2.80 bits per heavy atom. The number of nitro benzene ring substituents is 1. The zero-order valence-electron chi connectivity index (χ0n) is 8.25. The first-order chi connectivity index (χ1) is 7.00. The lowest BCUT2D eigenvalue weighted by atomic mass is 10.1. The van der Waals surface area contributed by atoms with Gasteiger partial charge < -0.3 is 10.8 Å². The molecule has 0 saturated carbocycles. The maximum absolute atomic E-state index is 10.6. The molecule has 1 unspecified atom stereocenters. The van der Waals surface area contributed by atoms with Gasteiger partial charge in [0.15, 0.2) is 0 Å². The summed E-state index contributed by atoms with van der Waals surface area (Å²) >= 11 is 0. The highest BCUT2D eigenvalue weighted by atomic mass is 16.6. The SMILES string of the molecule is CC(N)/C=C/c1cc(O)ccc1[N+](=O)[O-]. The molecule has 1 rings (SSSR count). The normalized spacial score (nSPS) is 12.9. The monoisotopic (exact) mass is 208 g/mol. The van der Waals surface area contributed by atoms with Crippen LogP contribution in [0.3, 0.4) is 0 Å². The summed E-state index contributed by atoms with van der Waals surface area (Å²) in [6.07, 6.45) is 3.16. The van der Waals surface area contributed by atoms with Crippen LogP contribution in [-0.4, -0.2) is 16.1 Å². The standard InChI is InChI=1S/C10H12N2O3/c1-7(11)2-3-8-6-9(13)4-5-10(8)12(14)15/h2-7,13H,11H2,1H3/b3-2+. The van der Waals surface area contributed by atoms with E-state index in [4.69, 9.17) is 5.73 Å². The summed E-state index contributed by atoms with van der Waals surface area (Å²) in [5.41, 5.74) is 5.78. The summed E-state index contributed by atoms with van der Waals surface area (Å²) in [6, 6.07) is 3.68. The molecule has 3 N–H and O–H groups in total. The lowest BCUT2D eigenvalue weighted by Crippen LogP contribution is -2.10. The molecule has 0 spiro atoms. The molecule has 0 aliphatic rings. The van der Waals surface area contributed by atoms with Crippen molar-refractivity contribution >= 4 is 11.8 Å². The number of nitro groups is 1. The van der Waals surface area contributed by atoms with Crippen LogP contribution in [0.4, 0.5) is 5.69 Å². The first-order valence-electron chi connectivity index (χ1n) is 4.42. The van der Waals surface area contributed by atoms with E-state index in [1.807, 2.05) is 0 Å². The van der Waals surface area contributed by atoms with Gasteiger partial charge >= 0.3 is 0 Å². The molecular weight excluding hydrogens is 196 g/mol. The minimum absolute atomic E-state index is 0.00933. The topological polar surface area (TPSA) is 89.4 Å². The van der Waals surface area contributed by atoms with Gasteiger partial charge in [-0.25, -0.2) is 0 Å². The fourth-order valence-electron chi connectivity index (χ4n) is 1.10. The van der Waals surface area contributed by atoms with Crippen LogP contribution in [0.2, 0.25) is 0 Å². The van der Waals surface area contributed by atoms with E-state index in [9.17, 15) is 15.2 Å². The lowest BCUT2D eigenvalue weighted by Gasteiger charge is -1.99. The predicted octanol–water partition coefficient (Wildman–Crippen LogP) is 1.66. The Hall–Kier alpha value is -1.88. The van der Waals surface area contributed by atoms with E-state index in [1.165, 1.54) is 24.3 Å². The molecule has 5 nitrogen and oxygen atoms in total. The van der Waals surface area contributed by atoms with Crippen molar-refractivity contribution in [2.75, 3.05) is 0 Å². The first kappa shape index (κ1) is 11.2. The Kier molecular flexibility index (Phi) is 3.41. The molecule has 0 aromatic heterocycles. The third-order valence-electron chi connectivity index (χ3n) is 1.79. The van der Waals surface area contributed by atoms with E-state index in [1.54, 1.807) is 13.0 Å². The molecule has 0 fully saturated rings. The van der Waals surface area contributed by atoms with Crippen LogP contribution in [0, 0.1) is 10.1 Å². The van der Waals surface area contributed by atoms with E-state index in [-0.39, 0.29) is 17.5 Å². The number of hydrogen-bond donors (Lipinski definition) is 2. The zero-order valence-corrected chi connectivity index (χ0v) is 8.25. The summed E-state index contributed by atoms with van der Waals surface area (Å²) in [7, 11) is 0. The number of phenols is 1. The quantitative estimate of drug-likeness (QED) is 0.584. The molecule has 0 aliphatic heterocycles. The molecule has 80 valence electrons. The molecule has 5 heteroatoms. The van der Waals surface area contributed by atoms with Crippen molar-refractivity contribution in [2.24, 2.45) is 5.73 Å². The molecule has 0 saturated heterocycles. The van der Waals surface area contributed by atoms with Crippen molar-refractivity contribution in [3.8, 4) is 5.75 Å². The Morgan fingerprint density at radius 1 is 1.60 bits per heavy atom. The number of nitrogens with two attached hydrogens (primary N) is 1. The molecule has 15 heavy (non-hydrogen) atoms. The maximum atomic E-state index is 10.6. The van der Waals surface area contributed by atoms with Crippen LogP contribution in [0.25, 0.3) is 6.08 Å². The molecule has 0 bridgehead atoms. The van der Waals surface area contributed by atoms with Crippen LogP contribution in [0.5, 0.6) is 5.75 Å². The van der Waals surface area contributed by atoms with Crippen LogP contribution >= 0.6 is 0 Å². The Morgan fingerprint density at radius 2 is 2.27 bits per heavy atom. The van der Waals surface area contributed by atoms with Crippen molar-refractivity contribution in [2.45, 2.75) is 13.0 Å². The number of phenolic OH excluding ortho intramolecular Hbond substituents is 1. The molecule has 0 aliphatic carbocycles. The van der Waals surface area contributed by atoms with E-state index in [0.717, 1.165) is 0 Å². The van der Waals surface area contributed by atoms with Crippen molar-refractivity contribution in [3.63, 3.8) is 0 Å². The summed E-state index contributed by atoms with van der Waals surface area (Å²) in [5, 5.41) is 19.8. The third kappa shape index (κ3) is 3.07. The number of nitrogens with zero attached hydrogens (tertiary/aromatic N) is 1. The van der Waals surface area contributed by atoms with Gasteiger partial charge in [0.1, 0.15) is 5.75 Å². The van der Waals surface area contributed by atoms with Crippen LogP contribution in [0.1, 0.15) is 12.5 Å². The maximum Gasteiger partial charge on any atom is 0.276 e. The fourth-order valence-corrected chi connectivity index (χ4v) is 1.10. The smallest absolute Gasteiger partial charge is 0.276 e. The first-order valence-corrected chi connectivity index (χ1v) is 4.42. The fraction of sp³-hybridized carbons (Fsp3) is 0.200. The highest BCUT2D eigenvalue weighted by molar-refractivity contribution is 5.63. The summed E-state index contributed by atoms with van der Waals surface area (Å²) in [6.45, 7) is 1.76.